The molecule has 0 radical (unpaired) electrons. The van der Waals surface area contributed by atoms with Crippen molar-refractivity contribution in [1.82, 2.24) is 25.1 Å². The molecule has 12 heteroatoms. The molecule has 0 atom stereocenters. The van der Waals surface area contributed by atoms with Crippen molar-refractivity contribution in [2.75, 3.05) is 23.3 Å². The lowest BCUT2D eigenvalue weighted by Crippen LogP contribution is -2.38. The summed E-state index contributed by atoms with van der Waals surface area (Å²) in [5.74, 6) is -1.28. The number of hydrogen-bond acceptors (Lipinski definition) is 6. The number of carbonyl (C=O) groups is 2. The Labute approximate surface area is 192 Å². The molecule has 178 valence electrons. The van der Waals surface area contributed by atoms with E-state index in [0.717, 1.165) is 12.8 Å². The van der Waals surface area contributed by atoms with Crippen LogP contribution in [0.4, 0.5) is 24.7 Å². The van der Waals surface area contributed by atoms with Crippen LogP contribution < -0.4 is 15.5 Å². The van der Waals surface area contributed by atoms with Crippen molar-refractivity contribution in [2.45, 2.75) is 37.9 Å². The number of rotatable bonds is 5. The van der Waals surface area contributed by atoms with Gasteiger partial charge in [-0.3, -0.25) is 9.59 Å². The van der Waals surface area contributed by atoms with Crippen LogP contribution in [0.3, 0.4) is 0 Å². The van der Waals surface area contributed by atoms with E-state index >= 15 is 0 Å². The number of alkyl halides is 3. The van der Waals surface area contributed by atoms with Gasteiger partial charge in [-0.1, -0.05) is 0 Å². The third-order valence-electron chi connectivity index (χ3n) is 6.02. The van der Waals surface area contributed by atoms with E-state index in [1.807, 2.05) is 4.90 Å². The largest absolute Gasteiger partial charge is 0.453 e. The lowest BCUT2D eigenvalue weighted by Gasteiger charge is -2.32. The molecule has 2 aromatic heterocycles. The summed E-state index contributed by atoms with van der Waals surface area (Å²) in [6.07, 6.45) is -1.57. The first-order valence-electron chi connectivity index (χ1n) is 11.0. The number of fused-ring (bicyclic) bond motifs is 1. The Morgan fingerprint density at radius 1 is 0.941 bits per heavy atom. The number of benzene rings is 1. The van der Waals surface area contributed by atoms with Crippen molar-refractivity contribution in [1.29, 1.82) is 0 Å². The van der Waals surface area contributed by atoms with E-state index < -0.39 is 12.0 Å². The summed E-state index contributed by atoms with van der Waals surface area (Å²) >= 11 is 0. The second kappa shape index (κ2) is 8.58. The fraction of sp³-hybridized carbons (Fsp3) is 0.409. The number of hydrogen-bond donors (Lipinski definition) is 2. The maximum Gasteiger partial charge on any atom is 0.453 e. The van der Waals surface area contributed by atoms with E-state index in [1.165, 1.54) is 6.07 Å². The third kappa shape index (κ3) is 4.66. The lowest BCUT2D eigenvalue weighted by atomic mass is 9.95. The average Bonchev–Trinajstić information content (AvgIpc) is 3.52. The van der Waals surface area contributed by atoms with Gasteiger partial charge in [0.05, 0.1) is 0 Å². The molecule has 0 spiro atoms. The summed E-state index contributed by atoms with van der Waals surface area (Å²) in [6.45, 7) is 0.945. The molecule has 1 aliphatic carbocycles. The first-order valence-corrected chi connectivity index (χ1v) is 11.0. The van der Waals surface area contributed by atoms with Crippen LogP contribution in [0.1, 0.15) is 41.9 Å². The molecule has 2 aliphatic rings. The number of piperidine rings is 1. The van der Waals surface area contributed by atoms with E-state index in [4.69, 9.17) is 0 Å². The number of aromatic nitrogens is 4. The molecule has 1 aliphatic heterocycles. The second-order valence-electron chi connectivity index (χ2n) is 8.56. The fourth-order valence-corrected chi connectivity index (χ4v) is 3.94. The summed E-state index contributed by atoms with van der Waals surface area (Å²) < 4.78 is 40.0. The zero-order valence-corrected chi connectivity index (χ0v) is 18.0. The highest BCUT2D eigenvalue weighted by Crippen LogP contribution is 2.29. The minimum atomic E-state index is -4.66. The summed E-state index contributed by atoms with van der Waals surface area (Å²) in [6, 6.07) is 10.1. The van der Waals surface area contributed by atoms with Gasteiger partial charge in [-0.05, 0) is 62.1 Å². The predicted octanol–water partition coefficient (Wildman–Crippen LogP) is 2.89. The number of nitrogens with one attached hydrogen (secondary N) is 2. The minimum absolute atomic E-state index is 0.0152. The average molecular weight is 473 g/mol. The molecule has 1 saturated carbocycles. The summed E-state index contributed by atoms with van der Waals surface area (Å²) in [5.41, 5.74) is 1.17. The Hall–Kier alpha value is -3.70. The van der Waals surface area contributed by atoms with E-state index in [9.17, 15) is 22.8 Å². The minimum Gasteiger partial charge on any atom is -0.355 e. The van der Waals surface area contributed by atoms with Crippen LogP contribution in [0.25, 0.3) is 5.65 Å². The first kappa shape index (κ1) is 22.1. The molecule has 2 N–H and O–H groups in total. The number of carbonyl (C=O) groups excluding carboxylic acids is 2. The van der Waals surface area contributed by atoms with E-state index in [0.29, 0.717) is 47.5 Å². The van der Waals surface area contributed by atoms with E-state index in [2.05, 4.69) is 25.9 Å². The monoisotopic (exact) mass is 473 g/mol. The van der Waals surface area contributed by atoms with E-state index in [-0.39, 0.29) is 29.4 Å². The molecule has 34 heavy (non-hydrogen) atoms. The Morgan fingerprint density at radius 2 is 1.65 bits per heavy atom. The van der Waals surface area contributed by atoms with Gasteiger partial charge in [0.1, 0.15) is 5.82 Å². The van der Waals surface area contributed by atoms with Gasteiger partial charge in [-0.25, -0.2) is 0 Å². The molecular weight excluding hydrogens is 451 g/mol. The number of nitrogens with zero attached hydrogens (tertiary/aromatic N) is 5. The van der Waals surface area contributed by atoms with Crippen LogP contribution in [-0.2, 0) is 11.0 Å². The van der Waals surface area contributed by atoms with Crippen molar-refractivity contribution in [3.05, 3.63) is 47.8 Å². The molecule has 0 bridgehead atoms. The standard InChI is InChI=1S/C22H22F3N7O2/c23-22(24,25)21-29-28-17-7-8-18(30-32(17)21)31-11-9-14(10-12-31)20(34)26-15-3-1-13(2-4-15)19(33)27-16-5-6-16/h1-4,7-8,14,16H,5-6,9-12H2,(H,26,34)(H,27,33). The topological polar surface area (TPSA) is 105 Å². The molecule has 3 aromatic rings. The molecule has 1 aromatic carbocycles. The van der Waals surface area contributed by atoms with Gasteiger partial charge in [0.2, 0.25) is 5.91 Å². The van der Waals surface area contributed by atoms with Crippen LogP contribution in [0.5, 0.6) is 0 Å². The van der Waals surface area contributed by atoms with Gasteiger partial charge in [0.25, 0.3) is 11.7 Å². The molecule has 0 unspecified atom stereocenters. The van der Waals surface area contributed by atoms with Crippen molar-refractivity contribution >= 4 is 29.0 Å². The summed E-state index contributed by atoms with van der Waals surface area (Å²) in [4.78, 5) is 26.6. The fourth-order valence-electron chi connectivity index (χ4n) is 3.94. The van der Waals surface area contributed by atoms with Crippen LogP contribution in [0.15, 0.2) is 36.4 Å². The van der Waals surface area contributed by atoms with Gasteiger partial charge in [-0.2, -0.15) is 17.7 Å². The molecule has 2 fully saturated rings. The van der Waals surface area contributed by atoms with Crippen LogP contribution in [0, 0.1) is 5.92 Å². The Kier molecular flexibility index (Phi) is 5.58. The number of anilines is 2. The van der Waals surface area contributed by atoms with Gasteiger partial charge < -0.3 is 15.5 Å². The zero-order chi connectivity index (χ0) is 23.9. The highest BCUT2D eigenvalue weighted by atomic mass is 19.4. The number of amides is 2. The van der Waals surface area contributed by atoms with Crippen molar-refractivity contribution < 1.29 is 22.8 Å². The molecule has 5 rings (SSSR count). The Bertz CT molecular complexity index is 1210. The van der Waals surface area contributed by atoms with Gasteiger partial charge in [0.15, 0.2) is 5.65 Å². The first-order chi connectivity index (χ1) is 16.3. The van der Waals surface area contributed by atoms with Crippen molar-refractivity contribution in [2.24, 2.45) is 5.92 Å². The smallest absolute Gasteiger partial charge is 0.355 e. The maximum absolute atomic E-state index is 13.1. The molecule has 1 saturated heterocycles. The lowest BCUT2D eigenvalue weighted by molar-refractivity contribution is -0.146. The Morgan fingerprint density at radius 3 is 2.29 bits per heavy atom. The normalized spacial score (nSPS) is 17.1. The SMILES string of the molecule is O=C(NC1CC1)c1ccc(NC(=O)C2CCN(c3ccc4nnc(C(F)(F)F)n4n3)CC2)cc1. The van der Waals surface area contributed by atoms with Gasteiger partial charge >= 0.3 is 6.18 Å². The molecule has 9 nitrogen and oxygen atoms in total. The summed E-state index contributed by atoms with van der Waals surface area (Å²) in [5, 5.41) is 16.6. The second-order valence-corrected chi connectivity index (χ2v) is 8.56. The predicted molar refractivity (Wildman–Crippen MR) is 116 cm³/mol. The third-order valence-corrected chi connectivity index (χ3v) is 6.02. The Balaban J connectivity index is 1.18. The van der Waals surface area contributed by atoms with Crippen LogP contribution in [0.2, 0.25) is 0 Å². The molecule has 2 amide bonds. The highest BCUT2D eigenvalue weighted by molar-refractivity contribution is 5.96. The zero-order valence-electron chi connectivity index (χ0n) is 18.0. The van der Waals surface area contributed by atoms with Crippen LogP contribution in [-0.4, -0.2) is 50.8 Å². The van der Waals surface area contributed by atoms with Gasteiger partial charge in [0, 0.05) is 36.3 Å². The van der Waals surface area contributed by atoms with Crippen molar-refractivity contribution in [3.63, 3.8) is 0 Å². The summed E-state index contributed by atoms with van der Waals surface area (Å²) in [7, 11) is 0. The van der Waals surface area contributed by atoms with Gasteiger partial charge in [-0.15, -0.1) is 15.3 Å². The highest BCUT2D eigenvalue weighted by Gasteiger charge is 2.38. The maximum atomic E-state index is 13.1. The van der Waals surface area contributed by atoms with Crippen LogP contribution >= 0.6 is 0 Å². The number of halogens is 3. The van der Waals surface area contributed by atoms with E-state index in [1.54, 1.807) is 30.3 Å². The molecular formula is C22H22F3N7O2. The molecule has 3 heterocycles. The van der Waals surface area contributed by atoms with Crippen molar-refractivity contribution in [3.8, 4) is 0 Å². The quantitative estimate of drug-likeness (QED) is 0.591.